The van der Waals surface area contributed by atoms with Crippen LogP contribution in [0.5, 0.6) is 0 Å². The van der Waals surface area contributed by atoms with E-state index in [2.05, 4.69) is 20.5 Å². The maximum absolute atomic E-state index is 11.6. The van der Waals surface area contributed by atoms with Crippen molar-refractivity contribution in [3.8, 4) is 0 Å². The number of methoxy groups -OCH3 is 1. The number of carbonyl (C=O) groups is 1. The summed E-state index contributed by atoms with van der Waals surface area (Å²) in [6.07, 6.45) is 2.07. The van der Waals surface area contributed by atoms with Gasteiger partial charge in [-0.2, -0.15) is 0 Å². The van der Waals surface area contributed by atoms with Crippen molar-refractivity contribution in [1.82, 2.24) is 25.2 Å². The Bertz CT molecular complexity index is 697. The molecule has 2 heterocycles. The molecular weight excluding hydrogens is 306 g/mol. The van der Waals surface area contributed by atoms with Gasteiger partial charge in [-0.25, -0.2) is 0 Å². The molecule has 1 fully saturated rings. The van der Waals surface area contributed by atoms with E-state index < -0.39 is 0 Å². The first-order valence-corrected chi connectivity index (χ1v) is 8.03. The van der Waals surface area contributed by atoms with Crippen LogP contribution in [0.3, 0.4) is 0 Å². The molecule has 128 valence electrons. The number of aryl methyl sites for hydroxylation is 1. The first kappa shape index (κ1) is 16.6. The first-order chi connectivity index (χ1) is 11.6. The molecule has 2 aromatic rings. The van der Waals surface area contributed by atoms with Gasteiger partial charge in [-0.1, -0.05) is 17.3 Å². The van der Waals surface area contributed by atoms with Crippen LogP contribution in [-0.4, -0.2) is 59.2 Å². The monoisotopic (exact) mass is 329 g/mol. The van der Waals surface area contributed by atoms with Crippen LogP contribution in [0, 0.1) is 0 Å². The fraction of sp³-hybridized carbons (Fsp3) is 0.471. The zero-order valence-electron chi connectivity index (χ0n) is 14.3. The zero-order valence-corrected chi connectivity index (χ0v) is 14.3. The van der Waals surface area contributed by atoms with Crippen LogP contribution < -0.4 is 5.32 Å². The van der Waals surface area contributed by atoms with Crippen LogP contribution in [0.4, 0.5) is 0 Å². The third kappa shape index (κ3) is 3.47. The van der Waals surface area contributed by atoms with E-state index in [0.717, 1.165) is 25.3 Å². The summed E-state index contributed by atoms with van der Waals surface area (Å²) in [5, 5.41) is 10.9. The second-order valence-corrected chi connectivity index (χ2v) is 6.17. The summed E-state index contributed by atoms with van der Waals surface area (Å²) in [5.41, 5.74) is 2.83. The van der Waals surface area contributed by atoms with E-state index in [0.29, 0.717) is 5.56 Å². The van der Waals surface area contributed by atoms with E-state index in [-0.39, 0.29) is 17.9 Å². The number of carbonyl (C=O) groups excluding carboxylic acids is 1. The third-order valence-corrected chi connectivity index (χ3v) is 4.49. The van der Waals surface area contributed by atoms with Crippen molar-refractivity contribution in [2.45, 2.75) is 18.6 Å². The summed E-state index contributed by atoms with van der Waals surface area (Å²) in [6, 6.07) is 7.72. The van der Waals surface area contributed by atoms with Crippen LogP contribution in [-0.2, 0) is 18.3 Å². The minimum absolute atomic E-state index is 0.0649. The molecule has 0 bridgehead atoms. The van der Waals surface area contributed by atoms with Crippen molar-refractivity contribution in [2.24, 2.45) is 7.05 Å². The van der Waals surface area contributed by atoms with Crippen LogP contribution in [0.15, 0.2) is 30.5 Å². The summed E-state index contributed by atoms with van der Waals surface area (Å²) >= 11 is 0. The Morgan fingerprint density at radius 1 is 1.33 bits per heavy atom. The number of hydrogen-bond donors (Lipinski definition) is 1. The second-order valence-electron chi connectivity index (χ2n) is 6.17. The van der Waals surface area contributed by atoms with Crippen LogP contribution >= 0.6 is 0 Å². The molecular formula is C17H23N5O2. The predicted octanol–water partition coefficient (Wildman–Crippen LogP) is 0.789. The Morgan fingerprint density at radius 3 is 2.67 bits per heavy atom. The molecule has 0 saturated carbocycles. The molecule has 1 saturated heterocycles. The van der Waals surface area contributed by atoms with E-state index in [1.54, 1.807) is 18.8 Å². The molecule has 0 aliphatic carbocycles. The van der Waals surface area contributed by atoms with Gasteiger partial charge in [-0.3, -0.25) is 14.4 Å². The Labute approximate surface area is 141 Å². The molecule has 24 heavy (non-hydrogen) atoms. The number of benzene rings is 1. The quantitative estimate of drug-likeness (QED) is 0.878. The minimum atomic E-state index is -0.0649. The number of nitrogens with one attached hydrogen (secondary N) is 1. The van der Waals surface area contributed by atoms with Gasteiger partial charge in [0.05, 0.1) is 11.8 Å². The molecule has 2 atom stereocenters. The molecule has 1 amide bonds. The highest BCUT2D eigenvalue weighted by Gasteiger charge is 2.35. The molecule has 1 aliphatic rings. The maximum atomic E-state index is 11.6. The van der Waals surface area contributed by atoms with E-state index in [1.165, 1.54) is 5.56 Å². The Hall–Kier alpha value is -2.25. The van der Waals surface area contributed by atoms with Gasteiger partial charge in [-0.15, -0.1) is 5.10 Å². The number of aromatic nitrogens is 3. The summed E-state index contributed by atoms with van der Waals surface area (Å²) in [4.78, 5) is 13.9. The van der Waals surface area contributed by atoms with Gasteiger partial charge in [0, 0.05) is 58.5 Å². The number of likely N-dealkylation sites (tertiary alicyclic amines) is 1. The SMILES string of the molecule is CNC(=O)c1ccc(CN2C[C@@H](OC)[C@H](c3cn(C)nn3)C2)cc1. The van der Waals surface area contributed by atoms with Gasteiger partial charge in [0.1, 0.15) is 0 Å². The molecule has 7 heteroatoms. The molecule has 3 rings (SSSR count). The van der Waals surface area contributed by atoms with Crippen LogP contribution in [0.25, 0.3) is 0 Å². The molecule has 1 aromatic heterocycles. The number of nitrogens with zero attached hydrogens (tertiary/aromatic N) is 4. The summed E-state index contributed by atoms with van der Waals surface area (Å²) in [6.45, 7) is 2.56. The van der Waals surface area contributed by atoms with Gasteiger partial charge in [0.2, 0.25) is 0 Å². The van der Waals surface area contributed by atoms with E-state index in [1.807, 2.05) is 37.5 Å². The third-order valence-electron chi connectivity index (χ3n) is 4.49. The average molecular weight is 329 g/mol. The first-order valence-electron chi connectivity index (χ1n) is 8.03. The summed E-state index contributed by atoms with van der Waals surface area (Å²) in [7, 11) is 5.26. The Balaban J connectivity index is 1.67. The van der Waals surface area contributed by atoms with Crippen molar-refractivity contribution < 1.29 is 9.53 Å². The van der Waals surface area contributed by atoms with E-state index in [9.17, 15) is 4.79 Å². The van der Waals surface area contributed by atoms with Crippen molar-refractivity contribution in [2.75, 3.05) is 27.2 Å². The van der Waals surface area contributed by atoms with Gasteiger partial charge in [0.25, 0.3) is 5.91 Å². The van der Waals surface area contributed by atoms with Crippen molar-refractivity contribution >= 4 is 5.91 Å². The highest BCUT2D eigenvalue weighted by molar-refractivity contribution is 5.93. The molecule has 0 unspecified atom stereocenters. The zero-order chi connectivity index (χ0) is 17.1. The molecule has 7 nitrogen and oxygen atoms in total. The lowest BCUT2D eigenvalue weighted by atomic mass is 10.0. The molecule has 1 N–H and O–H groups in total. The molecule has 0 radical (unpaired) electrons. The Morgan fingerprint density at radius 2 is 2.08 bits per heavy atom. The number of rotatable bonds is 5. The standard InChI is InChI=1S/C17H23N5O2/c1-18-17(23)13-6-4-12(5-7-13)8-22-9-14(16(11-22)24-3)15-10-21(2)20-19-15/h4-7,10,14,16H,8-9,11H2,1-3H3,(H,18,23)/t14-,16+/m0/s1. The number of amides is 1. The van der Waals surface area contributed by atoms with Crippen LogP contribution in [0.1, 0.15) is 27.5 Å². The number of hydrogen-bond acceptors (Lipinski definition) is 5. The van der Waals surface area contributed by atoms with Crippen molar-refractivity contribution in [1.29, 1.82) is 0 Å². The normalized spacial score (nSPS) is 21.1. The maximum Gasteiger partial charge on any atom is 0.251 e. The number of ether oxygens (including phenoxy) is 1. The lowest BCUT2D eigenvalue weighted by Crippen LogP contribution is -2.22. The van der Waals surface area contributed by atoms with E-state index in [4.69, 9.17) is 4.74 Å². The van der Waals surface area contributed by atoms with Crippen molar-refractivity contribution in [3.05, 3.63) is 47.3 Å². The predicted molar refractivity (Wildman–Crippen MR) is 89.7 cm³/mol. The van der Waals surface area contributed by atoms with Crippen molar-refractivity contribution in [3.63, 3.8) is 0 Å². The fourth-order valence-corrected chi connectivity index (χ4v) is 3.20. The van der Waals surface area contributed by atoms with E-state index >= 15 is 0 Å². The van der Waals surface area contributed by atoms with Gasteiger partial charge in [-0.05, 0) is 17.7 Å². The summed E-state index contributed by atoms with van der Waals surface area (Å²) < 4.78 is 7.37. The average Bonchev–Trinajstić information content (AvgIpc) is 3.20. The fourth-order valence-electron chi connectivity index (χ4n) is 3.20. The highest BCUT2D eigenvalue weighted by atomic mass is 16.5. The lowest BCUT2D eigenvalue weighted by molar-refractivity contribution is 0.0957. The smallest absolute Gasteiger partial charge is 0.251 e. The molecule has 1 aromatic carbocycles. The minimum Gasteiger partial charge on any atom is -0.379 e. The largest absolute Gasteiger partial charge is 0.379 e. The highest BCUT2D eigenvalue weighted by Crippen LogP contribution is 2.29. The molecule has 1 aliphatic heterocycles. The van der Waals surface area contributed by atoms with Gasteiger partial charge >= 0.3 is 0 Å². The van der Waals surface area contributed by atoms with Gasteiger partial charge in [0.15, 0.2) is 0 Å². The van der Waals surface area contributed by atoms with Crippen LogP contribution in [0.2, 0.25) is 0 Å². The topological polar surface area (TPSA) is 72.3 Å². The Kier molecular flexibility index (Phi) is 4.92. The lowest BCUT2D eigenvalue weighted by Gasteiger charge is -2.15. The molecule has 0 spiro atoms. The van der Waals surface area contributed by atoms with Gasteiger partial charge < -0.3 is 10.1 Å². The second kappa shape index (κ2) is 7.11. The summed E-state index contributed by atoms with van der Waals surface area (Å²) in [5.74, 6) is 0.165.